The summed E-state index contributed by atoms with van der Waals surface area (Å²) in [4.78, 5) is 11.3. The maximum absolute atomic E-state index is 11.3. The number of halogens is 1. The summed E-state index contributed by atoms with van der Waals surface area (Å²) in [6.07, 6.45) is 2.91. The Labute approximate surface area is 90.7 Å². The zero-order valence-corrected chi connectivity index (χ0v) is 9.26. The maximum Gasteiger partial charge on any atom is 0.255 e. The van der Waals surface area contributed by atoms with Crippen molar-refractivity contribution >= 4 is 5.91 Å². The number of hydrogen-bond donors (Lipinski definition) is 3. The lowest BCUT2D eigenvalue weighted by Crippen LogP contribution is -3.00. The number of carbonyl (C=O) groups excluding carboxylic acids is 1. The smallest absolute Gasteiger partial charge is 0.255 e. The SMILES string of the molecule is CCC[C@H]([NH3+])[C@H](O)C(=O)NC1CC1.[Cl-]. The van der Waals surface area contributed by atoms with Gasteiger partial charge in [-0.2, -0.15) is 0 Å². The third kappa shape index (κ3) is 4.26. The predicted octanol–water partition coefficient (Wildman–Crippen LogP) is -3.96. The largest absolute Gasteiger partial charge is 1.00 e. The van der Waals surface area contributed by atoms with Gasteiger partial charge in [-0.1, -0.05) is 13.3 Å². The lowest BCUT2D eigenvalue weighted by molar-refractivity contribution is -0.434. The minimum Gasteiger partial charge on any atom is -1.00 e. The zero-order valence-electron chi connectivity index (χ0n) is 8.50. The molecule has 1 fully saturated rings. The van der Waals surface area contributed by atoms with Gasteiger partial charge in [-0.25, -0.2) is 0 Å². The van der Waals surface area contributed by atoms with E-state index in [9.17, 15) is 9.90 Å². The minimum atomic E-state index is -0.930. The molecule has 0 bridgehead atoms. The Bertz CT molecular complexity index is 186. The molecule has 1 aliphatic carbocycles. The Hall–Kier alpha value is -0.320. The molecule has 5 heteroatoms. The fourth-order valence-electron chi connectivity index (χ4n) is 1.26. The molecule has 0 radical (unpaired) electrons. The van der Waals surface area contributed by atoms with Crippen molar-refractivity contribution in [3.63, 3.8) is 0 Å². The van der Waals surface area contributed by atoms with Crippen LogP contribution in [0, 0.1) is 0 Å². The van der Waals surface area contributed by atoms with E-state index in [1.165, 1.54) is 0 Å². The number of carbonyl (C=O) groups is 1. The van der Waals surface area contributed by atoms with Crippen LogP contribution in [0.5, 0.6) is 0 Å². The summed E-state index contributed by atoms with van der Waals surface area (Å²) < 4.78 is 0. The molecule has 14 heavy (non-hydrogen) atoms. The van der Waals surface area contributed by atoms with Crippen LogP contribution in [0.4, 0.5) is 0 Å². The normalized spacial score (nSPS) is 19.4. The van der Waals surface area contributed by atoms with Gasteiger partial charge in [-0.3, -0.25) is 4.79 Å². The number of hydrogen-bond acceptors (Lipinski definition) is 2. The van der Waals surface area contributed by atoms with Gasteiger partial charge in [0.05, 0.1) is 0 Å². The molecule has 84 valence electrons. The summed E-state index contributed by atoms with van der Waals surface area (Å²) in [5, 5.41) is 12.3. The molecule has 1 amide bonds. The van der Waals surface area contributed by atoms with Crippen LogP contribution in [0.25, 0.3) is 0 Å². The molecule has 1 aliphatic rings. The molecule has 4 nitrogen and oxygen atoms in total. The lowest BCUT2D eigenvalue weighted by atomic mass is 10.1. The molecule has 0 aromatic heterocycles. The Morgan fingerprint density at radius 2 is 2.21 bits per heavy atom. The Morgan fingerprint density at radius 3 is 2.64 bits per heavy atom. The van der Waals surface area contributed by atoms with Crippen LogP contribution in [0.3, 0.4) is 0 Å². The molecule has 2 atom stereocenters. The summed E-state index contributed by atoms with van der Waals surface area (Å²) in [5.74, 6) is -0.254. The van der Waals surface area contributed by atoms with E-state index in [1.807, 2.05) is 6.92 Å². The van der Waals surface area contributed by atoms with Crippen molar-refractivity contribution in [1.82, 2.24) is 5.32 Å². The quantitative estimate of drug-likeness (QED) is 0.444. The van der Waals surface area contributed by atoms with Gasteiger partial charge < -0.3 is 28.6 Å². The van der Waals surface area contributed by atoms with Crippen molar-refractivity contribution in [1.29, 1.82) is 0 Å². The summed E-state index contributed by atoms with van der Waals surface area (Å²) in [6, 6.07) is 0.139. The highest BCUT2D eigenvalue weighted by Gasteiger charge is 2.30. The fraction of sp³-hybridized carbons (Fsp3) is 0.889. The van der Waals surface area contributed by atoms with Crippen LogP contribution in [0.2, 0.25) is 0 Å². The van der Waals surface area contributed by atoms with E-state index in [-0.39, 0.29) is 24.4 Å². The van der Waals surface area contributed by atoms with Gasteiger partial charge in [0.25, 0.3) is 5.91 Å². The molecule has 1 rings (SSSR count). The van der Waals surface area contributed by atoms with E-state index in [0.717, 1.165) is 25.7 Å². The molecule has 0 spiro atoms. The number of aliphatic hydroxyl groups excluding tert-OH is 1. The number of aliphatic hydroxyl groups is 1. The van der Waals surface area contributed by atoms with Crippen molar-refractivity contribution in [3.8, 4) is 0 Å². The van der Waals surface area contributed by atoms with Gasteiger partial charge in [-0.15, -0.1) is 0 Å². The average Bonchev–Trinajstić information content (AvgIpc) is 2.87. The highest BCUT2D eigenvalue weighted by molar-refractivity contribution is 5.81. The van der Waals surface area contributed by atoms with Gasteiger partial charge in [-0.05, 0) is 12.8 Å². The van der Waals surface area contributed by atoms with E-state index in [1.54, 1.807) is 0 Å². The van der Waals surface area contributed by atoms with Crippen LogP contribution in [0.15, 0.2) is 0 Å². The second-order valence-electron chi connectivity index (χ2n) is 3.78. The zero-order chi connectivity index (χ0) is 9.84. The summed E-state index contributed by atoms with van der Waals surface area (Å²) in [5.41, 5.74) is 3.77. The number of quaternary nitrogens is 1. The molecule has 0 aromatic carbocycles. The monoisotopic (exact) mass is 222 g/mol. The molecule has 5 N–H and O–H groups in total. The Kier molecular flexibility index (Phi) is 6.08. The van der Waals surface area contributed by atoms with Crippen molar-refractivity contribution in [2.45, 2.75) is 50.8 Å². The molecule has 0 heterocycles. The van der Waals surface area contributed by atoms with Crippen molar-refractivity contribution in [2.24, 2.45) is 0 Å². The summed E-state index contributed by atoms with van der Waals surface area (Å²) in [7, 11) is 0. The topological polar surface area (TPSA) is 77.0 Å². The second-order valence-corrected chi connectivity index (χ2v) is 3.78. The van der Waals surface area contributed by atoms with E-state index >= 15 is 0 Å². The van der Waals surface area contributed by atoms with Gasteiger partial charge in [0.2, 0.25) is 0 Å². The molecule has 1 saturated carbocycles. The average molecular weight is 223 g/mol. The molecule has 0 aromatic rings. The molecular weight excluding hydrogens is 204 g/mol. The van der Waals surface area contributed by atoms with Crippen LogP contribution in [-0.2, 0) is 4.79 Å². The number of rotatable bonds is 5. The first-order valence-electron chi connectivity index (χ1n) is 4.96. The van der Waals surface area contributed by atoms with Gasteiger partial charge >= 0.3 is 0 Å². The van der Waals surface area contributed by atoms with E-state index in [2.05, 4.69) is 11.1 Å². The fourth-order valence-corrected chi connectivity index (χ4v) is 1.26. The third-order valence-electron chi connectivity index (χ3n) is 2.30. The van der Waals surface area contributed by atoms with Crippen LogP contribution < -0.4 is 23.5 Å². The molecular formula is C9H19ClN2O2. The van der Waals surface area contributed by atoms with Gasteiger partial charge in [0.15, 0.2) is 6.10 Å². The van der Waals surface area contributed by atoms with Gasteiger partial charge in [0, 0.05) is 12.5 Å². The third-order valence-corrected chi connectivity index (χ3v) is 2.30. The first kappa shape index (κ1) is 13.7. The minimum absolute atomic E-state index is 0. The van der Waals surface area contributed by atoms with E-state index in [0.29, 0.717) is 6.04 Å². The van der Waals surface area contributed by atoms with Crippen molar-refractivity contribution in [2.75, 3.05) is 0 Å². The summed E-state index contributed by atoms with van der Waals surface area (Å²) in [6.45, 7) is 2.02. The number of amides is 1. The lowest BCUT2D eigenvalue weighted by Gasteiger charge is -2.14. The standard InChI is InChI=1S/C9H18N2O2.ClH/c1-2-3-7(10)8(12)9(13)11-6-4-5-6;/h6-8,12H,2-5,10H2,1H3,(H,11,13);1H/t7-,8-;/m0./s1. The number of nitrogens with one attached hydrogen (secondary N) is 1. The molecule has 0 saturated heterocycles. The highest BCUT2D eigenvalue weighted by atomic mass is 35.5. The van der Waals surface area contributed by atoms with E-state index < -0.39 is 6.10 Å². The first-order chi connectivity index (χ1) is 6.15. The van der Waals surface area contributed by atoms with Crippen LogP contribution in [0.1, 0.15) is 32.6 Å². The van der Waals surface area contributed by atoms with Crippen LogP contribution >= 0.6 is 0 Å². The van der Waals surface area contributed by atoms with Crippen molar-refractivity contribution < 1.29 is 28.0 Å². The second kappa shape index (κ2) is 6.22. The summed E-state index contributed by atoms with van der Waals surface area (Å²) >= 11 is 0. The van der Waals surface area contributed by atoms with Crippen molar-refractivity contribution in [3.05, 3.63) is 0 Å². The maximum atomic E-state index is 11.3. The van der Waals surface area contributed by atoms with Crippen LogP contribution in [-0.4, -0.2) is 29.2 Å². The van der Waals surface area contributed by atoms with Gasteiger partial charge in [0.1, 0.15) is 6.04 Å². The Morgan fingerprint density at radius 1 is 1.64 bits per heavy atom. The van der Waals surface area contributed by atoms with E-state index in [4.69, 9.17) is 0 Å². The first-order valence-corrected chi connectivity index (χ1v) is 4.96. The molecule has 0 unspecified atom stereocenters. The highest BCUT2D eigenvalue weighted by Crippen LogP contribution is 2.18. The Balaban J connectivity index is 0.00000169. The molecule has 0 aliphatic heterocycles. The predicted molar refractivity (Wildman–Crippen MR) is 48.8 cm³/mol.